The van der Waals surface area contributed by atoms with Gasteiger partial charge in [0.25, 0.3) is 0 Å². The number of phenols is 1. The number of carboxylic acids is 3. The molecule has 0 spiro atoms. The normalized spacial score (nSPS) is 16.2. The molecule has 1 saturated heterocycles. The van der Waals surface area contributed by atoms with Crippen molar-refractivity contribution in [1.82, 2.24) is 36.8 Å². The fourth-order valence-corrected chi connectivity index (χ4v) is 7.38. The number of aliphatic carboxylic acids is 3. The maximum absolute atomic E-state index is 14.3. The van der Waals surface area contributed by atoms with Gasteiger partial charge >= 0.3 is 17.9 Å². The van der Waals surface area contributed by atoms with Crippen LogP contribution in [0.25, 0.3) is 10.4 Å². The van der Waals surface area contributed by atoms with Crippen LogP contribution < -0.4 is 49.1 Å². The van der Waals surface area contributed by atoms with E-state index in [9.17, 15) is 78.0 Å². The Hall–Kier alpha value is -8.51. The molecule has 1 aromatic carbocycles. The largest absolute Gasteiger partial charge is 0.508 e. The number of nitrogens with two attached hydrogens (primary N) is 3. The van der Waals surface area contributed by atoms with Gasteiger partial charge in [-0.1, -0.05) is 31.1 Å². The number of carbonyl (C=O) groups excluding carboxylic acids is 9. The molecule has 16 N–H and O–H groups in total. The Balaban J connectivity index is 2.45. The van der Waals surface area contributed by atoms with Gasteiger partial charge in [0.05, 0.1) is 18.5 Å². The van der Waals surface area contributed by atoms with E-state index in [1.165, 1.54) is 24.3 Å². The molecule has 1 aliphatic rings. The van der Waals surface area contributed by atoms with E-state index in [-0.39, 0.29) is 43.9 Å². The Kier molecular flexibility index (Phi) is 24.6. The van der Waals surface area contributed by atoms with Crippen LogP contribution in [0.1, 0.15) is 83.6 Å². The van der Waals surface area contributed by atoms with Crippen LogP contribution in [0, 0.1) is 18.3 Å². The van der Waals surface area contributed by atoms with Gasteiger partial charge in [-0.15, -0.1) is 12.3 Å². The molecule has 1 aliphatic heterocycles. The monoisotopic (exact) mass is 1030 g/mol. The lowest BCUT2D eigenvalue weighted by Crippen LogP contribution is -2.60. The molecule has 2 unspecified atom stereocenters. The van der Waals surface area contributed by atoms with Crippen molar-refractivity contribution >= 4 is 71.1 Å². The summed E-state index contributed by atoms with van der Waals surface area (Å²) in [5.74, 6) is -12.3. The zero-order valence-electron chi connectivity index (χ0n) is 39.9. The molecular weight excluding hydrogens is 967 g/mol. The lowest BCUT2D eigenvalue weighted by Gasteiger charge is -2.31. The van der Waals surface area contributed by atoms with E-state index in [0.29, 0.717) is 5.56 Å². The average molecular weight is 1030 g/mol. The third kappa shape index (κ3) is 20.8. The van der Waals surface area contributed by atoms with Gasteiger partial charge in [-0.25, -0.2) is 0 Å². The molecule has 1 heterocycles. The van der Waals surface area contributed by atoms with Gasteiger partial charge < -0.3 is 74.4 Å². The Morgan fingerprint density at radius 1 is 0.740 bits per heavy atom. The van der Waals surface area contributed by atoms with Gasteiger partial charge in [0.1, 0.15) is 48.0 Å². The van der Waals surface area contributed by atoms with E-state index in [4.69, 9.17) is 29.2 Å². The maximum atomic E-state index is 14.3. The summed E-state index contributed by atoms with van der Waals surface area (Å²) in [6, 6.07) is -9.28. The number of azide groups is 1. The van der Waals surface area contributed by atoms with Crippen LogP contribution in [-0.2, 0) is 64.0 Å². The molecule has 9 atom stereocenters. The fourth-order valence-electron chi connectivity index (χ4n) is 7.38. The van der Waals surface area contributed by atoms with Crippen LogP contribution in [-0.4, -0.2) is 157 Å². The van der Waals surface area contributed by atoms with Crippen molar-refractivity contribution in [1.29, 1.82) is 0 Å². The number of primary amides is 2. The van der Waals surface area contributed by atoms with E-state index in [0.717, 1.165) is 4.90 Å². The number of carboxylic acid groups (broad SMARTS) is 3. The first-order valence-electron chi connectivity index (χ1n) is 22.6. The Labute approximate surface area is 417 Å². The molecule has 2 rings (SSSR count). The zero-order valence-corrected chi connectivity index (χ0v) is 39.9. The highest BCUT2D eigenvalue weighted by molar-refractivity contribution is 5.99. The highest BCUT2D eigenvalue weighted by atomic mass is 16.4. The van der Waals surface area contributed by atoms with Crippen LogP contribution in [0.2, 0.25) is 0 Å². The summed E-state index contributed by atoms with van der Waals surface area (Å²) in [6.07, 6.45) is 0.390. The lowest BCUT2D eigenvalue weighted by molar-refractivity contribution is -0.144. The molecular formula is C44H61N13O16. The minimum atomic E-state index is -2.03. The maximum Gasteiger partial charge on any atom is 0.305 e. The molecule has 0 bridgehead atoms. The quantitative estimate of drug-likeness (QED) is 0.0148. The minimum Gasteiger partial charge on any atom is -0.508 e. The van der Waals surface area contributed by atoms with Crippen molar-refractivity contribution < 1.29 is 78.0 Å². The van der Waals surface area contributed by atoms with Gasteiger partial charge in [-0.05, 0) is 61.2 Å². The Morgan fingerprint density at radius 3 is 1.79 bits per heavy atom. The zero-order chi connectivity index (χ0) is 55.1. The topological polar surface area (TPSA) is 488 Å². The molecule has 0 radical (unpaired) electrons. The van der Waals surface area contributed by atoms with Crippen LogP contribution >= 0.6 is 0 Å². The number of hydrogen-bond donors (Lipinski definition) is 13. The molecule has 29 heteroatoms. The molecule has 73 heavy (non-hydrogen) atoms. The number of terminal acetylenes is 1. The van der Waals surface area contributed by atoms with Crippen molar-refractivity contribution in [2.45, 2.75) is 139 Å². The summed E-state index contributed by atoms with van der Waals surface area (Å²) in [5.41, 5.74) is 25.7. The first-order valence-corrected chi connectivity index (χ1v) is 22.6. The second-order valence-electron chi connectivity index (χ2n) is 17.3. The molecule has 0 aromatic heterocycles. The van der Waals surface area contributed by atoms with Gasteiger partial charge in [0, 0.05) is 43.6 Å². The van der Waals surface area contributed by atoms with Gasteiger partial charge in [0.2, 0.25) is 53.2 Å². The number of nitrogens with one attached hydrogen (secondary N) is 6. The molecule has 9 amide bonds. The van der Waals surface area contributed by atoms with Crippen LogP contribution in [0.15, 0.2) is 29.4 Å². The number of amides is 9. The predicted octanol–water partition coefficient (Wildman–Crippen LogP) is -3.52. The van der Waals surface area contributed by atoms with E-state index in [2.05, 4.69) is 47.8 Å². The smallest absolute Gasteiger partial charge is 0.305 e. The standard InChI is InChI=1S/C44H61N13O16/c1-4-6-24(37(47)66)49-38(67)25(12-14-33(60)61)50-39(68)28(17-21(2)3)53-42(71)31-7-5-16-57(31)44(73)26(13-15-34(62)63)51-41(70)30(20-35(64)65)52-40(69)29(18-22-8-10-23(58)11-9-22)54-43(72)36(46)27(55-56-48)19-32(45)59/h1,8-11,21,24-31,36,58H,5-7,12-20,46H2,2-3H3,(H2,45,59)(H2,47,66)(H,49,67)(H,50,68)(H,51,70)(H,52,69)(H,53,71)(H,54,72)(H,60,61)(H,62,63)(H,64,65)/t24?,25-,26-,27?,28-,29-,30-,31-,36-/m0/s1. The predicted molar refractivity (Wildman–Crippen MR) is 251 cm³/mol. The van der Waals surface area contributed by atoms with Gasteiger partial charge in [-0.3, -0.25) is 57.5 Å². The van der Waals surface area contributed by atoms with Crippen LogP contribution in [0.5, 0.6) is 5.75 Å². The first kappa shape index (κ1) is 60.6. The van der Waals surface area contributed by atoms with Crippen molar-refractivity contribution in [3.05, 3.63) is 40.3 Å². The van der Waals surface area contributed by atoms with Gasteiger partial charge in [-0.2, -0.15) is 0 Å². The van der Waals surface area contributed by atoms with Crippen molar-refractivity contribution in [2.24, 2.45) is 28.2 Å². The molecule has 1 aromatic rings. The van der Waals surface area contributed by atoms with Gasteiger partial charge in [0.15, 0.2) is 0 Å². The summed E-state index contributed by atoms with van der Waals surface area (Å²) >= 11 is 0. The van der Waals surface area contributed by atoms with E-state index >= 15 is 0 Å². The summed E-state index contributed by atoms with van der Waals surface area (Å²) in [5, 5.41) is 55.7. The molecule has 0 saturated carbocycles. The number of aromatic hydroxyl groups is 1. The number of phenolic OH excluding ortho intramolecular Hbond substituents is 1. The molecule has 398 valence electrons. The number of nitrogens with zero attached hydrogens (tertiary/aromatic N) is 4. The van der Waals surface area contributed by atoms with Crippen molar-refractivity contribution in [3.8, 4) is 18.1 Å². The van der Waals surface area contributed by atoms with Crippen molar-refractivity contribution in [3.63, 3.8) is 0 Å². The number of hydrogen-bond acceptors (Lipinski definition) is 15. The summed E-state index contributed by atoms with van der Waals surface area (Å²) in [7, 11) is 0. The first-order chi connectivity index (χ1) is 34.3. The van der Waals surface area contributed by atoms with Crippen LogP contribution in [0.3, 0.4) is 0 Å². The average Bonchev–Trinajstić information content (AvgIpc) is 3.80. The summed E-state index contributed by atoms with van der Waals surface area (Å²) in [6.45, 7) is 3.25. The highest BCUT2D eigenvalue weighted by Crippen LogP contribution is 2.21. The highest BCUT2D eigenvalue weighted by Gasteiger charge is 2.41. The fraction of sp³-hybridized carbons (Fsp3) is 0.545. The third-order valence-electron chi connectivity index (χ3n) is 11.1. The summed E-state index contributed by atoms with van der Waals surface area (Å²) < 4.78 is 0. The molecule has 0 aliphatic carbocycles. The van der Waals surface area contributed by atoms with E-state index in [1.807, 2.05) is 0 Å². The SMILES string of the molecule is C#CCC(NC(=O)[C@H](CCC(=O)O)NC(=O)[C@H](CC(C)C)NC(=O)[C@@H]1CCCN1C(=O)[C@H](CCC(=O)O)NC(=O)[C@H](CC(=O)O)NC(=O)[C@H](Cc1ccc(O)cc1)NC(=O)[C@@H](N)C(CC(N)=O)N=[N+]=[N-])C(N)=O. The number of likely N-dealkylation sites (tertiary alicyclic amines) is 1. The minimum absolute atomic E-state index is 0.0118. The van der Waals surface area contributed by atoms with Crippen molar-refractivity contribution in [2.75, 3.05) is 6.54 Å². The second kappa shape index (κ2) is 29.6. The number of rotatable bonds is 31. The Morgan fingerprint density at radius 2 is 1.26 bits per heavy atom. The third-order valence-corrected chi connectivity index (χ3v) is 11.1. The number of carbonyl (C=O) groups is 12. The molecule has 29 nitrogen and oxygen atoms in total. The van der Waals surface area contributed by atoms with E-state index in [1.54, 1.807) is 13.8 Å². The number of benzene rings is 1. The lowest BCUT2D eigenvalue weighted by atomic mass is 10.0. The van der Waals surface area contributed by atoms with E-state index < -0.39 is 170 Å². The second-order valence-corrected chi connectivity index (χ2v) is 17.3. The summed E-state index contributed by atoms with van der Waals surface area (Å²) in [4.78, 5) is 159. The molecule has 1 fully saturated rings. The Bertz CT molecular complexity index is 2320. The van der Waals surface area contributed by atoms with Crippen LogP contribution in [0.4, 0.5) is 0 Å².